The van der Waals surface area contributed by atoms with Gasteiger partial charge in [0, 0.05) is 10.6 Å². The van der Waals surface area contributed by atoms with Gasteiger partial charge in [0.1, 0.15) is 5.75 Å². The van der Waals surface area contributed by atoms with E-state index in [-0.39, 0.29) is 11.3 Å². The second kappa shape index (κ2) is 7.03. The van der Waals surface area contributed by atoms with Crippen LogP contribution in [-0.2, 0) is 17.6 Å². The van der Waals surface area contributed by atoms with E-state index in [0.717, 1.165) is 11.6 Å². The quantitative estimate of drug-likeness (QED) is 0.816. The van der Waals surface area contributed by atoms with Crippen LogP contribution in [-0.4, -0.2) is 23.4 Å². The highest BCUT2D eigenvalue weighted by atomic mass is 35.5. The molecule has 1 aliphatic rings. The third-order valence-electron chi connectivity index (χ3n) is 4.06. The van der Waals surface area contributed by atoms with E-state index < -0.39 is 23.8 Å². The van der Waals surface area contributed by atoms with Gasteiger partial charge in [0.25, 0.3) is 0 Å². The highest BCUT2D eigenvalue weighted by Crippen LogP contribution is 2.40. The van der Waals surface area contributed by atoms with Crippen LogP contribution in [0.5, 0.6) is 5.75 Å². The summed E-state index contributed by atoms with van der Waals surface area (Å²) in [5, 5.41) is 9.41. The number of carbonyl (C=O) groups is 1. The number of hydrogen-bond acceptors (Lipinski definition) is 2. The number of benzene rings is 2. The fraction of sp³-hybridized carbons (Fsp3) is 0.211. The molecule has 3 nitrogen and oxygen atoms in total. The lowest BCUT2D eigenvalue weighted by Gasteiger charge is -2.28. The van der Waals surface area contributed by atoms with Crippen LogP contribution >= 0.6 is 11.6 Å². The van der Waals surface area contributed by atoms with Crippen molar-refractivity contribution < 1.29 is 27.8 Å². The molecule has 1 atom stereocenters. The number of halogens is 4. The van der Waals surface area contributed by atoms with Crippen LogP contribution in [0.1, 0.15) is 16.7 Å². The van der Waals surface area contributed by atoms with Gasteiger partial charge in [-0.05, 0) is 42.2 Å². The van der Waals surface area contributed by atoms with Gasteiger partial charge in [0.15, 0.2) is 0 Å². The van der Waals surface area contributed by atoms with Gasteiger partial charge in [-0.3, -0.25) is 0 Å². The summed E-state index contributed by atoms with van der Waals surface area (Å²) in [6, 6.07) is 12.4. The summed E-state index contributed by atoms with van der Waals surface area (Å²) >= 11 is 6.06. The van der Waals surface area contributed by atoms with Gasteiger partial charge in [-0.1, -0.05) is 41.9 Å². The number of alkyl halides is 3. The zero-order chi connectivity index (χ0) is 18.9. The number of aliphatic carboxylic acids is 1. The average Bonchev–Trinajstić information content (AvgIpc) is 2.58. The summed E-state index contributed by atoms with van der Waals surface area (Å²) in [4.78, 5) is 11.2. The van der Waals surface area contributed by atoms with Gasteiger partial charge in [0.2, 0.25) is 6.10 Å². The van der Waals surface area contributed by atoms with E-state index in [4.69, 9.17) is 21.4 Å². The van der Waals surface area contributed by atoms with E-state index in [0.29, 0.717) is 23.4 Å². The molecular weight excluding hydrogens is 369 g/mol. The van der Waals surface area contributed by atoms with Crippen molar-refractivity contribution in [2.75, 3.05) is 0 Å². The fourth-order valence-corrected chi connectivity index (χ4v) is 3.12. The molecule has 1 N–H and O–H groups in total. The van der Waals surface area contributed by atoms with Crippen molar-refractivity contribution in [3.05, 3.63) is 69.8 Å². The van der Waals surface area contributed by atoms with Crippen LogP contribution in [0.4, 0.5) is 13.2 Å². The Kier molecular flexibility index (Phi) is 4.96. The molecule has 3 rings (SSSR count). The standard InChI is InChI=1S/C19H14ClF3O3/c20-14-8-12(7-6-11-4-2-1-3-5-11)16-13(9-14)10-15(18(24)25)17(26-16)19(21,22)23/h1-5,8-10,17H,6-7H2,(H,24,25). The Labute approximate surface area is 152 Å². The molecule has 1 heterocycles. The summed E-state index contributed by atoms with van der Waals surface area (Å²) in [7, 11) is 0. The molecule has 0 spiro atoms. The maximum atomic E-state index is 13.3. The first kappa shape index (κ1) is 18.3. The molecule has 0 aliphatic carbocycles. The largest absolute Gasteiger partial charge is 0.478 e. The predicted octanol–water partition coefficient (Wildman–Crippen LogP) is 4.92. The smallest absolute Gasteiger partial charge is 0.430 e. The first-order valence-electron chi connectivity index (χ1n) is 7.80. The second-order valence-corrected chi connectivity index (χ2v) is 6.35. The minimum Gasteiger partial charge on any atom is -0.478 e. The monoisotopic (exact) mass is 382 g/mol. The van der Waals surface area contributed by atoms with Gasteiger partial charge in [0.05, 0.1) is 5.57 Å². The van der Waals surface area contributed by atoms with E-state index in [1.165, 1.54) is 6.07 Å². The number of aryl methyl sites for hydroxylation is 2. The molecule has 0 fully saturated rings. The van der Waals surface area contributed by atoms with Crippen molar-refractivity contribution in [2.45, 2.75) is 25.1 Å². The normalized spacial score (nSPS) is 16.5. The number of hydrogen-bond donors (Lipinski definition) is 1. The molecular formula is C19H14ClF3O3. The molecule has 2 aromatic carbocycles. The van der Waals surface area contributed by atoms with Crippen LogP contribution in [0.3, 0.4) is 0 Å². The van der Waals surface area contributed by atoms with Gasteiger partial charge in [-0.2, -0.15) is 13.2 Å². The maximum Gasteiger partial charge on any atom is 0.430 e. The van der Waals surface area contributed by atoms with E-state index in [9.17, 15) is 18.0 Å². The first-order chi connectivity index (χ1) is 12.3. The molecule has 0 saturated carbocycles. The summed E-state index contributed by atoms with van der Waals surface area (Å²) < 4.78 is 44.9. The Hall–Kier alpha value is -2.47. The average molecular weight is 383 g/mol. The molecule has 0 aromatic heterocycles. The lowest BCUT2D eigenvalue weighted by atomic mass is 9.96. The Morgan fingerprint density at radius 1 is 1.15 bits per heavy atom. The Bertz CT molecular complexity index is 860. The third-order valence-corrected chi connectivity index (χ3v) is 4.28. The molecule has 0 radical (unpaired) electrons. The molecule has 0 amide bonds. The third kappa shape index (κ3) is 3.85. The van der Waals surface area contributed by atoms with Crippen LogP contribution < -0.4 is 4.74 Å². The molecule has 0 saturated heterocycles. The molecule has 0 bridgehead atoms. The van der Waals surface area contributed by atoms with Crippen LogP contribution in [0.15, 0.2) is 48.0 Å². The predicted molar refractivity (Wildman–Crippen MR) is 91.4 cm³/mol. The van der Waals surface area contributed by atoms with E-state index in [1.54, 1.807) is 6.07 Å². The SMILES string of the molecule is O=C(O)C1=Cc2cc(Cl)cc(CCc3ccccc3)c2OC1C(F)(F)F. The van der Waals surface area contributed by atoms with E-state index >= 15 is 0 Å². The zero-order valence-corrected chi connectivity index (χ0v) is 14.1. The Morgan fingerprint density at radius 3 is 2.46 bits per heavy atom. The van der Waals surface area contributed by atoms with Gasteiger partial charge >= 0.3 is 12.1 Å². The summed E-state index contributed by atoms with van der Waals surface area (Å²) in [6.07, 6.45) is -5.36. The molecule has 7 heteroatoms. The van der Waals surface area contributed by atoms with Crippen LogP contribution in [0.2, 0.25) is 5.02 Å². The lowest BCUT2D eigenvalue weighted by Crippen LogP contribution is -2.40. The van der Waals surface area contributed by atoms with E-state index in [1.807, 2.05) is 30.3 Å². The van der Waals surface area contributed by atoms with Gasteiger partial charge < -0.3 is 9.84 Å². The number of ether oxygens (including phenoxy) is 1. The van der Waals surface area contributed by atoms with Crippen molar-refractivity contribution >= 4 is 23.6 Å². The zero-order valence-electron chi connectivity index (χ0n) is 13.4. The van der Waals surface area contributed by atoms with Crippen LogP contribution in [0.25, 0.3) is 6.08 Å². The number of carboxylic acids is 1. The lowest BCUT2D eigenvalue weighted by molar-refractivity contribution is -0.187. The van der Waals surface area contributed by atoms with Crippen LogP contribution in [0, 0.1) is 0 Å². The molecule has 2 aromatic rings. The van der Waals surface area contributed by atoms with Crippen molar-refractivity contribution in [2.24, 2.45) is 0 Å². The highest BCUT2D eigenvalue weighted by molar-refractivity contribution is 6.30. The minimum atomic E-state index is -4.84. The Morgan fingerprint density at radius 2 is 1.85 bits per heavy atom. The first-order valence-corrected chi connectivity index (χ1v) is 8.18. The van der Waals surface area contributed by atoms with Gasteiger partial charge in [-0.25, -0.2) is 4.79 Å². The second-order valence-electron chi connectivity index (χ2n) is 5.91. The summed E-state index contributed by atoms with van der Waals surface area (Å²) in [5.41, 5.74) is 0.900. The van der Waals surface area contributed by atoms with Gasteiger partial charge in [-0.15, -0.1) is 0 Å². The molecule has 1 unspecified atom stereocenters. The van der Waals surface area contributed by atoms with E-state index in [2.05, 4.69) is 0 Å². The summed E-state index contributed by atoms with van der Waals surface area (Å²) in [5.74, 6) is -1.65. The van der Waals surface area contributed by atoms with Crippen molar-refractivity contribution in [1.82, 2.24) is 0 Å². The topological polar surface area (TPSA) is 46.5 Å². The highest BCUT2D eigenvalue weighted by Gasteiger charge is 2.48. The number of carboxylic acid groups (broad SMARTS) is 1. The van der Waals surface area contributed by atoms with Crippen molar-refractivity contribution in [3.63, 3.8) is 0 Å². The van der Waals surface area contributed by atoms with Crippen molar-refractivity contribution in [3.8, 4) is 5.75 Å². The molecule has 1 aliphatic heterocycles. The fourth-order valence-electron chi connectivity index (χ4n) is 2.88. The maximum absolute atomic E-state index is 13.3. The molecule has 136 valence electrons. The minimum absolute atomic E-state index is 0.0256. The van der Waals surface area contributed by atoms with Crippen molar-refractivity contribution in [1.29, 1.82) is 0 Å². The number of rotatable bonds is 4. The number of fused-ring (bicyclic) bond motifs is 1. The molecule has 26 heavy (non-hydrogen) atoms. The Balaban J connectivity index is 1.99. The summed E-state index contributed by atoms with van der Waals surface area (Å²) in [6.45, 7) is 0.